The standard InChI is InChI=1S/C20H24FNO/c1-22-12-10-15(11-13-22)6-7-16-4-2-3-5-18(16)19-14-17(21)8-9-20(19)23/h2-5,8-9,14-15,23H,6-7,10-13H2,1H3. The number of phenols is 1. The second-order valence-corrected chi connectivity index (χ2v) is 6.60. The van der Waals surface area contributed by atoms with Crippen molar-refractivity contribution in [3.8, 4) is 16.9 Å². The van der Waals surface area contributed by atoms with Gasteiger partial charge in [-0.25, -0.2) is 4.39 Å². The van der Waals surface area contributed by atoms with Crippen LogP contribution >= 0.6 is 0 Å². The molecule has 1 aliphatic heterocycles. The monoisotopic (exact) mass is 313 g/mol. The summed E-state index contributed by atoms with van der Waals surface area (Å²) in [7, 11) is 2.18. The second-order valence-electron chi connectivity index (χ2n) is 6.60. The van der Waals surface area contributed by atoms with Crippen molar-refractivity contribution in [1.82, 2.24) is 4.90 Å². The minimum Gasteiger partial charge on any atom is -0.507 e. The summed E-state index contributed by atoms with van der Waals surface area (Å²) in [4.78, 5) is 2.38. The molecule has 23 heavy (non-hydrogen) atoms. The minimum absolute atomic E-state index is 0.137. The van der Waals surface area contributed by atoms with Gasteiger partial charge >= 0.3 is 0 Å². The molecule has 0 bridgehead atoms. The Bertz CT molecular complexity index is 662. The zero-order chi connectivity index (χ0) is 16.2. The van der Waals surface area contributed by atoms with Crippen molar-refractivity contribution in [3.05, 3.63) is 53.8 Å². The normalized spacial score (nSPS) is 16.6. The summed E-state index contributed by atoms with van der Waals surface area (Å²) >= 11 is 0. The molecule has 122 valence electrons. The predicted molar refractivity (Wildman–Crippen MR) is 92.0 cm³/mol. The molecule has 0 spiro atoms. The van der Waals surface area contributed by atoms with Crippen LogP contribution in [-0.4, -0.2) is 30.1 Å². The number of likely N-dealkylation sites (tertiary alicyclic amines) is 1. The van der Waals surface area contributed by atoms with Crippen LogP contribution in [0.25, 0.3) is 11.1 Å². The molecule has 3 rings (SSSR count). The van der Waals surface area contributed by atoms with E-state index in [0.29, 0.717) is 5.56 Å². The van der Waals surface area contributed by atoms with Gasteiger partial charge in [0.25, 0.3) is 0 Å². The van der Waals surface area contributed by atoms with E-state index in [1.54, 1.807) is 0 Å². The molecule has 3 heteroatoms. The van der Waals surface area contributed by atoms with Crippen LogP contribution in [0.3, 0.4) is 0 Å². The Kier molecular flexibility index (Phi) is 4.97. The topological polar surface area (TPSA) is 23.5 Å². The summed E-state index contributed by atoms with van der Waals surface area (Å²) in [6.45, 7) is 2.36. The molecular formula is C20H24FNO. The van der Waals surface area contributed by atoms with Gasteiger partial charge in [0.05, 0.1) is 0 Å². The fourth-order valence-corrected chi connectivity index (χ4v) is 3.44. The highest BCUT2D eigenvalue weighted by molar-refractivity contribution is 5.73. The Morgan fingerprint density at radius 2 is 1.83 bits per heavy atom. The van der Waals surface area contributed by atoms with E-state index in [9.17, 15) is 9.50 Å². The molecule has 0 radical (unpaired) electrons. The van der Waals surface area contributed by atoms with E-state index in [1.807, 2.05) is 18.2 Å². The summed E-state index contributed by atoms with van der Waals surface area (Å²) in [6, 6.07) is 12.2. The molecule has 0 aliphatic carbocycles. The van der Waals surface area contributed by atoms with Gasteiger partial charge in [-0.2, -0.15) is 0 Å². The van der Waals surface area contributed by atoms with Crippen LogP contribution in [0.15, 0.2) is 42.5 Å². The number of hydrogen-bond acceptors (Lipinski definition) is 2. The van der Waals surface area contributed by atoms with Crippen LogP contribution in [0.2, 0.25) is 0 Å². The van der Waals surface area contributed by atoms with Crippen LogP contribution in [0.4, 0.5) is 4.39 Å². The molecule has 0 aromatic heterocycles. The number of halogens is 1. The Morgan fingerprint density at radius 3 is 2.61 bits per heavy atom. The SMILES string of the molecule is CN1CCC(CCc2ccccc2-c2cc(F)ccc2O)CC1. The molecule has 2 aromatic rings. The van der Waals surface area contributed by atoms with Crippen molar-refractivity contribution in [1.29, 1.82) is 0 Å². The molecule has 1 fully saturated rings. The first-order valence-corrected chi connectivity index (χ1v) is 8.39. The fourth-order valence-electron chi connectivity index (χ4n) is 3.44. The van der Waals surface area contributed by atoms with E-state index in [4.69, 9.17) is 0 Å². The lowest BCUT2D eigenvalue weighted by atomic mass is 9.88. The number of phenolic OH excluding ortho intramolecular Hbond substituents is 1. The maximum atomic E-state index is 13.6. The van der Waals surface area contributed by atoms with Crippen molar-refractivity contribution >= 4 is 0 Å². The third kappa shape index (κ3) is 3.91. The van der Waals surface area contributed by atoms with Crippen molar-refractivity contribution in [3.63, 3.8) is 0 Å². The Hall–Kier alpha value is -1.87. The molecule has 1 heterocycles. The number of aromatic hydroxyl groups is 1. The van der Waals surface area contributed by atoms with Gasteiger partial charge in [0.1, 0.15) is 11.6 Å². The number of piperidine rings is 1. The third-order valence-electron chi connectivity index (χ3n) is 4.93. The first kappa shape index (κ1) is 16.0. The zero-order valence-electron chi connectivity index (χ0n) is 13.6. The zero-order valence-corrected chi connectivity index (χ0v) is 13.6. The average molecular weight is 313 g/mol. The highest BCUT2D eigenvalue weighted by atomic mass is 19.1. The molecule has 2 aromatic carbocycles. The van der Waals surface area contributed by atoms with E-state index in [2.05, 4.69) is 18.0 Å². The second kappa shape index (κ2) is 7.14. The van der Waals surface area contributed by atoms with Crippen molar-refractivity contribution < 1.29 is 9.50 Å². The van der Waals surface area contributed by atoms with Gasteiger partial charge in [0.2, 0.25) is 0 Å². The van der Waals surface area contributed by atoms with Gasteiger partial charge in [-0.15, -0.1) is 0 Å². The van der Waals surface area contributed by atoms with E-state index in [1.165, 1.54) is 49.7 Å². The lowest BCUT2D eigenvalue weighted by molar-refractivity contribution is 0.212. The first-order chi connectivity index (χ1) is 11.1. The van der Waals surface area contributed by atoms with E-state index in [0.717, 1.165) is 24.3 Å². The Balaban J connectivity index is 1.77. The van der Waals surface area contributed by atoms with E-state index >= 15 is 0 Å². The highest BCUT2D eigenvalue weighted by Gasteiger charge is 2.17. The molecular weight excluding hydrogens is 289 g/mol. The summed E-state index contributed by atoms with van der Waals surface area (Å²) in [5, 5.41) is 10.1. The van der Waals surface area contributed by atoms with Crippen molar-refractivity contribution in [2.75, 3.05) is 20.1 Å². The van der Waals surface area contributed by atoms with Crippen LogP contribution < -0.4 is 0 Å². The van der Waals surface area contributed by atoms with Crippen molar-refractivity contribution in [2.45, 2.75) is 25.7 Å². The molecule has 0 atom stereocenters. The maximum Gasteiger partial charge on any atom is 0.124 e. The van der Waals surface area contributed by atoms with E-state index in [-0.39, 0.29) is 11.6 Å². The summed E-state index contributed by atoms with van der Waals surface area (Å²) < 4.78 is 13.6. The Morgan fingerprint density at radius 1 is 1.09 bits per heavy atom. The van der Waals surface area contributed by atoms with Crippen LogP contribution in [0.5, 0.6) is 5.75 Å². The van der Waals surface area contributed by atoms with Gasteiger partial charge < -0.3 is 10.0 Å². The quantitative estimate of drug-likeness (QED) is 0.900. The van der Waals surface area contributed by atoms with Crippen LogP contribution in [0.1, 0.15) is 24.8 Å². The molecule has 1 saturated heterocycles. The lowest BCUT2D eigenvalue weighted by Gasteiger charge is -2.29. The van der Waals surface area contributed by atoms with Crippen molar-refractivity contribution in [2.24, 2.45) is 5.92 Å². The number of benzene rings is 2. The lowest BCUT2D eigenvalue weighted by Crippen LogP contribution is -2.30. The van der Waals surface area contributed by atoms with Gasteiger partial charge in [0, 0.05) is 5.56 Å². The average Bonchev–Trinajstić information content (AvgIpc) is 2.57. The minimum atomic E-state index is -0.317. The predicted octanol–water partition coefficient (Wildman–Crippen LogP) is 4.47. The van der Waals surface area contributed by atoms with Gasteiger partial charge in [-0.1, -0.05) is 24.3 Å². The number of aryl methyl sites for hydroxylation is 1. The van der Waals surface area contributed by atoms with E-state index < -0.39 is 0 Å². The number of hydrogen-bond donors (Lipinski definition) is 1. The molecule has 0 amide bonds. The highest BCUT2D eigenvalue weighted by Crippen LogP contribution is 2.33. The summed E-state index contributed by atoms with van der Waals surface area (Å²) in [6.07, 6.45) is 4.63. The third-order valence-corrected chi connectivity index (χ3v) is 4.93. The maximum absolute atomic E-state index is 13.6. The molecule has 0 unspecified atom stereocenters. The van der Waals surface area contributed by atoms with Gasteiger partial charge in [-0.3, -0.25) is 0 Å². The first-order valence-electron chi connectivity index (χ1n) is 8.39. The van der Waals surface area contributed by atoms with Crippen LogP contribution in [-0.2, 0) is 6.42 Å². The number of rotatable bonds is 4. The molecule has 2 nitrogen and oxygen atoms in total. The Labute approximate surface area is 137 Å². The molecule has 0 saturated carbocycles. The van der Waals surface area contributed by atoms with Crippen LogP contribution in [0, 0.1) is 11.7 Å². The fraction of sp³-hybridized carbons (Fsp3) is 0.400. The molecule has 1 N–H and O–H groups in total. The van der Waals surface area contributed by atoms with Gasteiger partial charge in [0.15, 0.2) is 0 Å². The summed E-state index contributed by atoms with van der Waals surface area (Å²) in [5.41, 5.74) is 2.72. The largest absolute Gasteiger partial charge is 0.507 e. The van der Waals surface area contributed by atoms with Gasteiger partial charge in [-0.05, 0) is 81.1 Å². The summed E-state index contributed by atoms with van der Waals surface area (Å²) in [5.74, 6) is 0.585. The number of nitrogens with zero attached hydrogens (tertiary/aromatic N) is 1. The molecule has 1 aliphatic rings. The smallest absolute Gasteiger partial charge is 0.124 e.